The van der Waals surface area contributed by atoms with Gasteiger partial charge in [-0.3, -0.25) is 4.79 Å². The Morgan fingerprint density at radius 3 is 2.11 bits per heavy atom. The van der Waals surface area contributed by atoms with Gasteiger partial charge >= 0.3 is 0 Å². The number of nitrogens with one attached hydrogen (secondary N) is 1. The molecule has 0 saturated carbocycles. The van der Waals surface area contributed by atoms with E-state index in [9.17, 15) is 13.6 Å². The van der Waals surface area contributed by atoms with E-state index in [-0.39, 0.29) is 12.5 Å². The summed E-state index contributed by atoms with van der Waals surface area (Å²) in [4.78, 5) is 12.4. The minimum Gasteiger partial charge on any atom is -0.484 e. The molecule has 4 nitrogen and oxygen atoms in total. The average Bonchev–Trinajstić information content (AvgIpc) is 2.69. The van der Waals surface area contributed by atoms with E-state index >= 15 is 0 Å². The Balaban J connectivity index is 1.46. The quantitative estimate of drug-likeness (QED) is 0.484. The summed E-state index contributed by atoms with van der Waals surface area (Å²) >= 11 is 0.454. The Morgan fingerprint density at radius 1 is 0.857 bits per heavy atom. The SMILES string of the molecule is O=C(COc1ccc(Oc2ccccc2)cc1)Nc1ccc(SC(F)F)cc1. The van der Waals surface area contributed by atoms with Crippen LogP contribution >= 0.6 is 11.8 Å². The van der Waals surface area contributed by atoms with E-state index in [0.717, 1.165) is 5.75 Å². The van der Waals surface area contributed by atoms with Crippen molar-refractivity contribution in [3.05, 3.63) is 78.9 Å². The molecule has 0 atom stereocenters. The maximum absolute atomic E-state index is 12.3. The topological polar surface area (TPSA) is 47.6 Å². The standard InChI is InChI=1S/C21H17F2NO3S/c22-21(23)28-19-12-6-15(7-13-19)24-20(25)14-26-16-8-10-18(11-9-16)27-17-4-2-1-3-5-17/h1-13,21H,14H2,(H,24,25). The van der Waals surface area contributed by atoms with Crippen LogP contribution in [0.4, 0.5) is 14.5 Å². The molecule has 3 aromatic carbocycles. The molecule has 7 heteroatoms. The molecule has 0 radical (unpaired) electrons. The fourth-order valence-electron chi connectivity index (χ4n) is 2.29. The van der Waals surface area contributed by atoms with Crippen LogP contribution in [0.5, 0.6) is 17.2 Å². The van der Waals surface area contributed by atoms with Crippen molar-refractivity contribution >= 4 is 23.4 Å². The van der Waals surface area contributed by atoms with Gasteiger partial charge < -0.3 is 14.8 Å². The van der Waals surface area contributed by atoms with Gasteiger partial charge in [0.2, 0.25) is 0 Å². The Labute approximate surface area is 165 Å². The lowest BCUT2D eigenvalue weighted by Crippen LogP contribution is -2.20. The van der Waals surface area contributed by atoms with Gasteiger partial charge in [-0.05, 0) is 60.7 Å². The number of benzene rings is 3. The van der Waals surface area contributed by atoms with Crippen molar-refractivity contribution in [1.29, 1.82) is 0 Å². The normalized spacial score (nSPS) is 10.5. The van der Waals surface area contributed by atoms with E-state index in [1.54, 1.807) is 36.4 Å². The molecule has 0 heterocycles. The lowest BCUT2D eigenvalue weighted by molar-refractivity contribution is -0.118. The molecule has 0 bridgehead atoms. The molecule has 0 spiro atoms. The molecule has 0 aliphatic heterocycles. The molecule has 3 aromatic rings. The van der Waals surface area contributed by atoms with Gasteiger partial charge in [0.15, 0.2) is 6.61 Å². The number of amides is 1. The van der Waals surface area contributed by atoms with Gasteiger partial charge in [-0.2, -0.15) is 8.78 Å². The first-order chi connectivity index (χ1) is 13.6. The van der Waals surface area contributed by atoms with Crippen LogP contribution in [0.2, 0.25) is 0 Å². The first-order valence-electron chi connectivity index (χ1n) is 8.39. The number of hydrogen-bond donors (Lipinski definition) is 1. The number of thioether (sulfide) groups is 1. The number of ether oxygens (including phenoxy) is 2. The predicted octanol–water partition coefficient (Wildman–Crippen LogP) is 5.81. The number of anilines is 1. The third-order valence-electron chi connectivity index (χ3n) is 3.54. The zero-order chi connectivity index (χ0) is 19.8. The van der Waals surface area contributed by atoms with Gasteiger partial charge in [0.05, 0.1) is 0 Å². The third-order valence-corrected chi connectivity index (χ3v) is 4.26. The molecule has 28 heavy (non-hydrogen) atoms. The van der Waals surface area contributed by atoms with Crippen LogP contribution in [0.3, 0.4) is 0 Å². The van der Waals surface area contributed by atoms with Crippen molar-refractivity contribution in [2.45, 2.75) is 10.7 Å². The first kappa shape index (κ1) is 19.7. The molecule has 0 fully saturated rings. The van der Waals surface area contributed by atoms with Crippen LogP contribution in [-0.2, 0) is 4.79 Å². The van der Waals surface area contributed by atoms with Gasteiger partial charge in [0.25, 0.3) is 11.7 Å². The molecule has 1 N–H and O–H groups in total. The summed E-state index contributed by atoms with van der Waals surface area (Å²) in [5.74, 6) is -0.908. The highest BCUT2D eigenvalue weighted by Gasteiger charge is 2.07. The van der Waals surface area contributed by atoms with Gasteiger partial charge in [-0.25, -0.2) is 0 Å². The van der Waals surface area contributed by atoms with E-state index in [4.69, 9.17) is 9.47 Å². The van der Waals surface area contributed by atoms with Gasteiger partial charge in [0, 0.05) is 10.6 Å². The second-order valence-electron chi connectivity index (χ2n) is 5.63. The van der Waals surface area contributed by atoms with Gasteiger partial charge in [0.1, 0.15) is 17.2 Å². The number of carbonyl (C=O) groups excluding carboxylic acids is 1. The van der Waals surface area contributed by atoms with Crippen LogP contribution in [-0.4, -0.2) is 18.3 Å². The summed E-state index contributed by atoms with van der Waals surface area (Å²) in [6, 6.07) is 22.5. The summed E-state index contributed by atoms with van der Waals surface area (Å²) in [5.41, 5.74) is 0.513. The number of hydrogen-bond acceptors (Lipinski definition) is 4. The Bertz CT molecular complexity index is 888. The van der Waals surface area contributed by atoms with E-state index in [1.165, 1.54) is 12.1 Å². The highest BCUT2D eigenvalue weighted by Crippen LogP contribution is 2.26. The van der Waals surface area contributed by atoms with Crippen LogP contribution in [0.15, 0.2) is 83.8 Å². The second-order valence-corrected chi connectivity index (χ2v) is 6.69. The molecular formula is C21H17F2NO3S. The molecule has 0 aliphatic rings. The zero-order valence-corrected chi connectivity index (χ0v) is 15.5. The number of halogens is 2. The molecule has 0 aliphatic carbocycles. The lowest BCUT2D eigenvalue weighted by Gasteiger charge is -2.09. The van der Waals surface area contributed by atoms with E-state index in [0.29, 0.717) is 33.8 Å². The lowest BCUT2D eigenvalue weighted by atomic mass is 10.3. The monoisotopic (exact) mass is 401 g/mol. The fraction of sp³-hybridized carbons (Fsp3) is 0.0952. The number of alkyl halides is 2. The maximum atomic E-state index is 12.3. The largest absolute Gasteiger partial charge is 0.484 e. The molecule has 144 valence electrons. The van der Waals surface area contributed by atoms with Crippen molar-refractivity contribution in [1.82, 2.24) is 0 Å². The fourth-order valence-corrected chi connectivity index (χ4v) is 2.79. The van der Waals surface area contributed by atoms with Crippen molar-refractivity contribution < 1.29 is 23.0 Å². The first-order valence-corrected chi connectivity index (χ1v) is 9.27. The zero-order valence-electron chi connectivity index (χ0n) is 14.7. The third kappa shape index (κ3) is 6.28. The Hall–Kier alpha value is -3.06. The van der Waals surface area contributed by atoms with E-state index in [2.05, 4.69) is 5.32 Å². The summed E-state index contributed by atoms with van der Waals surface area (Å²) in [6.07, 6.45) is 0. The maximum Gasteiger partial charge on any atom is 0.288 e. The molecular weight excluding hydrogens is 384 g/mol. The van der Waals surface area contributed by atoms with Crippen LogP contribution < -0.4 is 14.8 Å². The van der Waals surface area contributed by atoms with Crippen molar-refractivity contribution in [2.75, 3.05) is 11.9 Å². The van der Waals surface area contributed by atoms with E-state index < -0.39 is 5.76 Å². The summed E-state index contributed by atoms with van der Waals surface area (Å²) in [7, 11) is 0. The molecule has 3 rings (SSSR count). The number of rotatable bonds is 8. The van der Waals surface area contributed by atoms with Crippen LogP contribution in [0.25, 0.3) is 0 Å². The van der Waals surface area contributed by atoms with Crippen molar-refractivity contribution in [3.8, 4) is 17.2 Å². The average molecular weight is 401 g/mol. The van der Waals surface area contributed by atoms with Gasteiger partial charge in [-0.15, -0.1) is 0 Å². The Kier molecular flexibility index (Phi) is 6.86. The summed E-state index contributed by atoms with van der Waals surface area (Å²) in [6.45, 7) is -0.174. The summed E-state index contributed by atoms with van der Waals surface area (Å²) in [5, 5.41) is 2.65. The van der Waals surface area contributed by atoms with Crippen LogP contribution in [0, 0.1) is 0 Å². The van der Waals surface area contributed by atoms with Crippen molar-refractivity contribution in [2.24, 2.45) is 0 Å². The molecule has 0 unspecified atom stereocenters. The predicted molar refractivity (Wildman–Crippen MR) is 105 cm³/mol. The van der Waals surface area contributed by atoms with Crippen LogP contribution in [0.1, 0.15) is 0 Å². The Morgan fingerprint density at radius 2 is 1.46 bits per heavy atom. The highest BCUT2D eigenvalue weighted by molar-refractivity contribution is 7.99. The van der Waals surface area contributed by atoms with E-state index in [1.807, 2.05) is 30.3 Å². The summed E-state index contributed by atoms with van der Waals surface area (Å²) < 4.78 is 35.7. The minimum absolute atomic E-state index is 0.174. The number of carbonyl (C=O) groups is 1. The second kappa shape index (κ2) is 9.75. The highest BCUT2D eigenvalue weighted by atomic mass is 32.2. The van der Waals surface area contributed by atoms with Gasteiger partial charge in [-0.1, -0.05) is 30.0 Å². The smallest absolute Gasteiger partial charge is 0.288 e. The molecule has 1 amide bonds. The number of para-hydroxylation sites is 1. The molecule has 0 saturated heterocycles. The van der Waals surface area contributed by atoms with Crippen molar-refractivity contribution in [3.63, 3.8) is 0 Å². The molecule has 0 aromatic heterocycles. The minimum atomic E-state index is -2.47.